The highest BCUT2D eigenvalue weighted by Crippen LogP contribution is 2.25. The zero-order valence-electron chi connectivity index (χ0n) is 26.1. The Morgan fingerprint density at radius 2 is 1.61 bits per heavy atom. The smallest absolute Gasteiger partial charge is 0.247 e. The molecule has 3 aromatic rings. The summed E-state index contributed by atoms with van der Waals surface area (Å²) in [7, 11) is 0. The van der Waals surface area contributed by atoms with Gasteiger partial charge in [0, 0.05) is 51.0 Å². The van der Waals surface area contributed by atoms with E-state index in [-0.39, 0.29) is 55.7 Å². The van der Waals surface area contributed by atoms with E-state index in [9.17, 15) is 28.7 Å². The van der Waals surface area contributed by atoms with Gasteiger partial charge in [-0.1, -0.05) is 66.7 Å². The van der Waals surface area contributed by atoms with Crippen molar-refractivity contribution in [3.05, 3.63) is 101 Å². The molecule has 5 rings (SSSR count). The first-order valence-electron chi connectivity index (χ1n) is 15.9. The second-order valence-electron chi connectivity index (χ2n) is 12.1. The first-order chi connectivity index (χ1) is 22.2. The van der Waals surface area contributed by atoms with Crippen LogP contribution in [0.25, 0.3) is 0 Å². The number of nitrogens with one attached hydrogen (secondary N) is 2. The van der Waals surface area contributed by atoms with Crippen molar-refractivity contribution in [3.63, 3.8) is 0 Å². The molecule has 10 heteroatoms. The number of halogens is 1. The van der Waals surface area contributed by atoms with E-state index in [2.05, 4.69) is 15.5 Å². The maximum Gasteiger partial charge on any atom is 0.247 e. The van der Waals surface area contributed by atoms with Crippen LogP contribution < -0.4 is 10.6 Å². The van der Waals surface area contributed by atoms with Gasteiger partial charge in [0.2, 0.25) is 17.7 Å². The van der Waals surface area contributed by atoms with E-state index in [0.717, 1.165) is 11.1 Å². The number of likely N-dealkylation sites (tertiary alicyclic amines) is 1. The van der Waals surface area contributed by atoms with Gasteiger partial charge in [0.05, 0.1) is 11.8 Å². The molecule has 0 aromatic heterocycles. The number of ketones is 1. The van der Waals surface area contributed by atoms with Crippen LogP contribution in [0.3, 0.4) is 0 Å². The van der Waals surface area contributed by atoms with E-state index in [1.165, 1.54) is 11.0 Å². The van der Waals surface area contributed by atoms with Crippen molar-refractivity contribution < 1.29 is 28.7 Å². The SMILES string of the molecule is Cc1cccc(NC(=O)[C@H](CCN2CCC(O)CC2)NC(=O)[C@@H]2Cc3ccccc3CN2C(=O)CCC(=O)c2ccccc2)c1F. The highest BCUT2D eigenvalue weighted by molar-refractivity contribution is 6.00. The number of fused-ring (bicyclic) bond motifs is 1. The fraction of sp³-hybridized carbons (Fsp3) is 0.389. The highest BCUT2D eigenvalue weighted by Gasteiger charge is 2.36. The Bertz CT molecular complexity index is 1560. The van der Waals surface area contributed by atoms with Crippen LogP contribution in [-0.4, -0.2) is 76.2 Å². The average Bonchev–Trinajstić information content (AvgIpc) is 3.07. The van der Waals surface area contributed by atoms with Crippen molar-refractivity contribution >= 4 is 29.2 Å². The number of Topliss-reactive ketones (excluding diaryl/α,β-unsaturated/α-hetero) is 1. The standard InChI is InChI=1S/C36H41FN4O5/c1-24-8-7-13-29(34(24)37)38-35(45)30(18-21-40-19-16-28(42)17-20-40)39-36(46)31-22-26-11-5-6-12-27(26)23-41(31)33(44)15-14-32(43)25-9-3-2-4-10-25/h2-13,28,30-31,42H,14-23H2,1H3,(H,38,45)(H,39,46)/t30-,31-/m0/s1. The molecule has 0 bridgehead atoms. The number of hydrogen-bond acceptors (Lipinski definition) is 6. The van der Waals surface area contributed by atoms with Crippen molar-refractivity contribution in [2.24, 2.45) is 0 Å². The molecular weight excluding hydrogens is 587 g/mol. The summed E-state index contributed by atoms with van der Waals surface area (Å²) in [5.41, 5.74) is 2.78. The zero-order chi connectivity index (χ0) is 32.6. The van der Waals surface area contributed by atoms with Crippen molar-refractivity contribution in [3.8, 4) is 0 Å². The fourth-order valence-corrected chi connectivity index (χ4v) is 6.11. The molecule has 3 aromatic carbocycles. The van der Waals surface area contributed by atoms with Gasteiger partial charge in [-0.15, -0.1) is 0 Å². The van der Waals surface area contributed by atoms with E-state index in [4.69, 9.17) is 0 Å². The number of carbonyl (C=O) groups is 4. The summed E-state index contributed by atoms with van der Waals surface area (Å²) < 4.78 is 14.8. The molecule has 3 N–H and O–H groups in total. The Morgan fingerprint density at radius 3 is 2.35 bits per heavy atom. The lowest BCUT2D eigenvalue weighted by molar-refractivity contribution is -0.142. The molecule has 1 saturated heterocycles. The van der Waals surface area contributed by atoms with Gasteiger partial charge in [-0.05, 0) is 48.9 Å². The number of aliphatic hydroxyl groups excluding tert-OH is 1. The van der Waals surface area contributed by atoms with Gasteiger partial charge in [-0.2, -0.15) is 0 Å². The molecule has 242 valence electrons. The quantitative estimate of drug-likeness (QED) is 0.276. The number of anilines is 1. The number of amides is 3. The van der Waals surface area contributed by atoms with Gasteiger partial charge in [-0.3, -0.25) is 19.2 Å². The number of rotatable bonds is 11. The summed E-state index contributed by atoms with van der Waals surface area (Å²) in [4.78, 5) is 57.5. The second kappa shape index (κ2) is 15.2. The normalized spacial score (nSPS) is 17.5. The Hall–Kier alpha value is -4.41. The topological polar surface area (TPSA) is 119 Å². The Kier molecular flexibility index (Phi) is 10.9. The van der Waals surface area contributed by atoms with Crippen molar-refractivity contribution in [2.75, 3.05) is 25.0 Å². The van der Waals surface area contributed by atoms with E-state index >= 15 is 0 Å². The van der Waals surface area contributed by atoms with Crippen LogP contribution in [0.2, 0.25) is 0 Å². The van der Waals surface area contributed by atoms with Crippen LogP contribution in [-0.2, 0) is 27.3 Å². The second-order valence-corrected chi connectivity index (χ2v) is 12.1. The lowest BCUT2D eigenvalue weighted by Gasteiger charge is -2.37. The number of nitrogens with zero attached hydrogens (tertiary/aromatic N) is 2. The first kappa shape index (κ1) is 33.0. The maximum absolute atomic E-state index is 14.8. The Balaban J connectivity index is 1.33. The number of aliphatic hydroxyl groups is 1. The number of benzene rings is 3. The molecule has 0 spiro atoms. The monoisotopic (exact) mass is 628 g/mol. The lowest BCUT2D eigenvalue weighted by atomic mass is 9.92. The predicted molar refractivity (Wildman–Crippen MR) is 172 cm³/mol. The van der Waals surface area contributed by atoms with Crippen molar-refractivity contribution in [2.45, 2.75) is 70.2 Å². The third-order valence-corrected chi connectivity index (χ3v) is 8.91. The molecule has 0 saturated carbocycles. The summed E-state index contributed by atoms with van der Waals surface area (Å²) in [6.07, 6.45) is 1.37. The van der Waals surface area contributed by atoms with Crippen LogP contribution >= 0.6 is 0 Å². The van der Waals surface area contributed by atoms with Crippen LogP contribution in [0.5, 0.6) is 0 Å². The number of hydrogen-bond donors (Lipinski definition) is 3. The van der Waals surface area contributed by atoms with Gasteiger partial charge in [0.25, 0.3) is 0 Å². The van der Waals surface area contributed by atoms with Crippen LogP contribution in [0.1, 0.15) is 59.2 Å². The average molecular weight is 629 g/mol. The maximum atomic E-state index is 14.8. The fourth-order valence-electron chi connectivity index (χ4n) is 6.11. The van der Waals surface area contributed by atoms with Crippen LogP contribution in [0, 0.1) is 12.7 Å². The first-order valence-corrected chi connectivity index (χ1v) is 15.9. The minimum Gasteiger partial charge on any atom is -0.393 e. The molecule has 3 amide bonds. The zero-order valence-corrected chi connectivity index (χ0v) is 26.1. The summed E-state index contributed by atoms with van der Waals surface area (Å²) in [5, 5.41) is 15.4. The number of aryl methyl sites for hydroxylation is 1. The summed E-state index contributed by atoms with van der Waals surface area (Å²) in [6, 6.07) is 19.2. The summed E-state index contributed by atoms with van der Waals surface area (Å²) in [6.45, 7) is 3.63. The Labute approximate surface area is 268 Å². The third-order valence-electron chi connectivity index (χ3n) is 8.91. The molecule has 1 fully saturated rings. The van der Waals surface area contributed by atoms with Crippen LogP contribution in [0.15, 0.2) is 72.8 Å². The minimum absolute atomic E-state index is 0.00690. The molecule has 0 radical (unpaired) electrons. The number of piperidine rings is 1. The molecule has 0 aliphatic carbocycles. The molecular formula is C36H41FN4O5. The molecule has 2 heterocycles. The molecule has 0 unspecified atom stereocenters. The molecule has 46 heavy (non-hydrogen) atoms. The van der Waals surface area contributed by atoms with Crippen molar-refractivity contribution in [1.82, 2.24) is 15.1 Å². The summed E-state index contributed by atoms with van der Waals surface area (Å²) in [5.74, 6) is -2.07. The largest absolute Gasteiger partial charge is 0.393 e. The van der Waals surface area contributed by atoms with E-state index in [1.54, 1.807) is 43.3 Å². The predicted octanol–water partition coefficient (Wildman–Crippen LogP) is 4.02. The molecule has 2 aliphatic rings. The van der Waals surface area contributed by atoms with Gasteiger partial charge < -0.3 is 25.5 Å². The third kappa shape index (κ3) is 8.24. The molecule has 2 aliphatic heterocycles. The molecule has 2 atom stereocenters. The van der Waals surface area contributed by atoms with Crippen molar-refractivity contribution in [1.29, 1.82) is 0 Å². The highest BCUT2D eigenvalue weighted by atomic mass is 19.1. The van der Waals surface area contributed by atoms with Crippen LogP contribution in [0.4, 0.5) is 10.1 Å². The van der Waals surface area contributed by atoms with Gasteiger partial charge in [0.1, 0.15) is 17.9 Å². The van der Waals surface area contributed by atoms with E-state index < -0.39 is 29.7 Å². The molecule has 9 nitrogen and oxygen atoms in total. The minimum atomic E-state index is -1.01. The number of carbonyl (C=O) groups excluding carboxylic acids is 4. The van der Waals surface area contributed by atoms with E-state index in [1.807, 2.05) is 30.3 Å². The van der Waals surface area contributed by atoms with E-state index in [0.29, 0.717) is 43.6 Å². The lowest BCUT2D eigenvalue weighted by Crippen LogP contribution is -2.56. The summed E-state index contributed by atoms with van der Waals surface area (Å²) >= 11 is 0. The Morgan fingerprint density at radius 1 is 0.913 bits per heavy atom. The van der Waals surface area contributed by atoms with Gasteiger partial charge >= 0.3 is 0 Å². The van der Waals surface area contributed by atoms with Gasteiger partial charge in [0.15, 0.2) is 5.78 Å². The van der Waals surface area contributed by atoms with Gasteiger partial charge in [-0.25, -0.2) is 4.39 Å².